The Morgan fingerprint density at radius 1 is 0.907 bits per heavy atom. The molecule has 3 saturated carbocycles. The van der Waals surface area contributed by atoms with Gasteiger partial charge in [0, 0.05) is 22.3 Å². The first-order valence-corrected chi connectivity index (χ1v) is 17.4. The number of hydrogen-bond donors (Lipinski definition) is 1. The molecule has 5 aliphatic rings. The maximum absolute atomic E-state index is 14.7. The van der Waals surface area contributed by atoms with Gasteiger partial charge in [0.05, 0.1) is 10.5 Å². The fourth-order valence-electron chi connectivity index (χ4n) is 10.7. The average Bonchev–Trinajstić information content (AvgIpc) is 2.93. The number of sulfonamides is 1. The molecule has 0 radical (unpaired) electrons. The van der Waals surface area contributed by atoms with Gasteiger partial charge in [0.15, 0.2) is 11.6 Å². The molecule has 43 heavy (non-hydrogen) atoms. The third-order valence-corrected chi connectivity index (χ3v) is 14.8. The molecule has 5 aliphatic carbocycles. The number of allylic oxidation sites excluding steroid dienone is 4. The van der Waals surface area contributed by atoms with Gasteiger partial charge < -0.3 is 0 Å². The number of carbonyl (C=O) groups excluding carboxylic acids is 2. The van der Waals surface area contributed by atoms with Crippen molar-refractivity contribution < 1.29 is 18.0 Å². The Balaban J connectivity index is 1.49. The van der Waals surface area contributed by atoms with Gasteiger partial charge >= 0.3 is 0 Å². The molecule has 0 amide bonds. The number of carbonyl (C=O) groups is 2. The third-order valence-electron chi connectivity index (χ3n) is 13.3. The Labute approximate surface area is 257 Å². The van der Waals surface area contributed by atoms with Crippen LogP contribution in [0, 0.1) is 56.2 Å². The molecule has 3 fully saturated rings. The Kier molecular flexibility index (Phi) is 6.54. The van der Waals surface area contributed by atoms with E-state index in [0.29, 0.717) is 12.8 Å². The van der Waals surface area contributed by atoms with Crippen LogP contribution in [0.2, 0.25) is 0 Å². The van der Waals surface area contributed by atoms with Gasteiger partial charge in [-0.25, -0.2) is 13.1 Å². The van der Waals surface area contributed by atoms with Crippen LogP contribution in [-0.2, 0) is 19.6 Å². The molecule has 1 aromatic rings. The van der Waals surface area contributed by atoms with E-state index in [0.717, 1.165) is 37.7 Å². The zero-order valence-corrected chi connectivity index (χ0v) is 27.5. The largest absolute Gasteiger partial charge is 0.295 e. The van der Waals surface area contributed by atoms with Gasteiger partial charge in [-0.2, -0.15) is 5.26 Å². The van der Waals surface area contributed by atoms with Crippen LogP contribution in [-0.4, -0.2) is 25.5 Å². The first-order chi connectivity index (χ1) is 19.9. The van der Waals surface area contributed by atoms with Crippen LogP contribution in [0.25, 0.3) is 0 Å². The number of ketones is 2. The summed E-state index contributed by atoms with van der Waals surface area (Å²) in [5, 5.41) is 9.95. The molecule has 1 unspecified atom stereocenters. The average molecular weight is 603 g/mol. The van der Waals surface area contributed by atoms with E-state index >= 15 is 0 Å². The number of benzene rings is 1. The van der Waals surface area contributed by atoms with Crippen molar-refractivity contribution in [3.05, 3.63) is 53.6 Å². The summed E-state index contributed by atoms with van der Waals surface area (Å²) >= 11 is 0. The lowest BCUT2D eigenvalue weighted by molar-refractivity contribution is -0.159. The number of hydrogen-bond acceptors (Lipinski definition) is 5. The van der Waals surface area contributed by atoms with E-state index in [4.69, 9.17) is 0 Å². The Bertz CT molecular complexity index is 1620. The van der Waals surface area contributed by atoms with Crippen molar-refractivity contribution >= 4 is 21.6 Å². The number of rotatable bonds is 3. The summed E-state index contributed by atoms with van der Waals surface area (Å²) < 4.78 is 30.8. The van der Waals surface area contributed by atoms with Crippen LogP contribution < -0.4 is 4.72 Å². The highest BCUT2D eigenvalue weighted by molar-refractivity contribution is 7.89. The maximum Gasteiger partial charge on any atom is 0.241 e. The van der Waals surface area contributed by atoms with E-state index in [2.05, 4.69) is 45.4 Å². The molecule has 0 heterocycles. The minimum absolute atomic E-state index is 0.00847. The molecule has 7 heteroatoms. The first kappa shape index (κ1) is 30.5. The smallest absolute Gasteiger partial charge is 0.241 e. The zero-order chi connectivity index (χ0) is 31.4. The minimum atomic E-state index is -3.79. The molecule has 230 valence electrons. The highest BCUT2D eigenvalue weighted by Gasteiger charge is 2.70. The molecule has 6 rings (SSSR count). The Hall–Kier alpha value is -2.56. The van der Waals surface area contributed by atoms with Crippen LogP contribution in [0.3, 0.4) is 0 Å². The molecule has 7 atom stereocenters. The predicted molar refractivity (Wildman–Crippen MR) is 166 cm³/mol. The number of fused-ring (bicyclic) bond motifs is 7. The van der Waals surface area contributed by atoms with Gasteiger partial charge in [-0.1, -0.05) is 78.3 Å². The van der Waals surface area contributed by atoms with Crippen molar-refractivity contribution in [2.75, 3.05) is 0 Å². The van der Waals surface area contributed by atoms with Crippen molar-refractivity contribution in [3.63, 3.8) is 0 Å². The van der Waals surface area contributed by atoms with Crippen LogP contribution >= 0.6 is 0 Å². The Morgan fingerprint density at radius 3 is 2.21 bits per heavy atom. The van der Waals surface area contributed by atoms with Crippen LogP contribution in [0.15, 0.2) is 58.5 Å². The molecule has 0 bridgehead atoms. The summed E-state index contributed by atoms with van der Waals surface area (Å²) in [5.74, 6) is -0.512. The van der Waals surface area contributed by atoms with Crippen molar-refractivity contribution in [1.82, 2.24) is 4.72 Å². The lowest BCUT2D eigenvalue weighted by Crippen LogP contribution is -2.69. The SMILES string of the molecule is CC1(C)CC[C@]2(NS(=O)(=O)c3ccccc3)CC[C@]3(C)[C@H](C(=O)C=C4[C@@]5(C)C=C(C#N)C(=O)C(C)(C)[C@@H]5CC[C@]43C)C2C1. The van der Waals surface area contributed by atoms with Crippen molar-refractivity contribution in [2.45, 2.75) is 104 Å². The second-order valence-electron chi connectivity index (χ2n) is 16.3. The summed E-state index contributed by atoms with van der Waals surface area (Å²) in [6, 6.07) is 10.7. The van der Waals surface area contributed by atoms with E-state index in [1.807, 2.05) is 32.1 Å². The molecule has 6 nitrogen and oxygen atoms in total. The quantitative estimate of drug-likeness (QED) is 0.404. The maximum atomic E-state index is 14.7. The lowest BCUT2D eigenvalue weighted by atomic mass is 9.35. The summed E-state index contributed by atoms with van der Waals surface area (Å²) in [6.45, 7) is 15.1. The van der Waals surface area contributed by atoms with Crippen molar-refractivity contribution in [3.8, 4) is 6.07 Å². The molecule has 0 aliphatic heterocycles. The molecule has 0 saturated heterocycles. The van der Waals surface area contributed by atoms with Gasteiger partial charge in [-0.15, -0.1) is 0 Å². The van der Waals surface area contributed by atoms with Crippen molar-refractivity contribution in [2.24, 2.45) is 44.8 Å². The first-order valence-electron chi connectivity index (χ1n) is 15.9. The second-order valence-corrected chi connectivity index (χ2v) is 18.0. The second kappa shape index (κ2) is 9.23. The van der Waals surface area contributed by atoms with E-state index in [-0.39, 0.29) is 50.6 Å². The molecular formula is C36H46N2O4S. The summed E-state index contributed by atoms with van der Waals surface area (Å²) in [4.78, 5) is 28.2. The standard InChI is InChI=1S/C36H46N2O4S/c1-31(2)15-17-36(38-43(41,42)24-11-9-8-10-12-24)18-16-35(7)29(25(36)21-31)26(39)19-28-33(5)20-23(22-37)30(40)32(3,4)27(33)13-14-34(28,35)6/h8-12,19-20,25,27,29,38H,13-18,21H2,1-7H3/t25?,27-,29-,33-,34+,35+,36-/m0/s1. The third kappa shape index (κ3) is 4.08. The van der Waals surface area contributed by atoms with E-state index in [9.17, 15) is 23.3 Å². The summed E-state index contributed by atoms with van der Waals surface area (Å²) in [5.41, 5.74) is -1.49. The van der Waals surface area contributed by atoms with Gasteiger partial charge in [0.2, 0.25) is 10.0 Å². The molecule has 0 aromatic heterocycles. The summed E-state index contributed by atoms with van der Waals surface area (Å²) in [7, 11) is -3.79. The van der Waals surface area contributed by atoms with Gasteiger partial charge in [-0.05, 0) is 91.2 Å². The van der Waals surface area contributed by atoms with E-state index in [1.54, 1.807) is 24.3 Å². The molecule has 1 aromatic carbocycles. The predicted octanol–water partition coefficient (Wildman–Crippen LogP) is 6.94. The molecular weight excluding hydrogens is 556 g/mol. The summed E-state index contributed by atoms with van der Waals surface area (Å²) in [6.07, 6.45) is 9.19. The normalized spacial score (nSPS) is 41.4. The highest BCUT2D eigenvalue weighted by atomic mass is 32.2. The molecule has 1 N–H and O–H groups in total. The van der Waals surface area contributed by atoms with Crippen molar-refractivity contribution in [1.29, 1.82) is 5.26 Å². The zero-order valence-electron chi connectivity index (χ0n) is 26.7. The molecule has 0 spiro atoms. The Morgan fingerprint density at radius 2 is 1.56 bits per heavy atom. The van der Waals surface area contributed by atoms with Gasteiger partial charge in [0.1, 0.15) is 6.07 Å². The number of nitrogens with zero attached hydrogens (tertiary/aromatic N) is 1. The van der Waals surface area contributed by atoms with Crippen LogP contribution in [0.4, 0.5) is 0 Å². The monoisotopic (exact) mass is 602 g/mol. The number of nitrogens with one attached hydrogen (secondary N) is 1. The van der Waals surface area contributed by atoms with E-state index in [1.165, 1.54) is 0 Å². The number of nitriles is 1. The number of Topliss-reactive ketones (excluding diaryl/α,β-unsaturated/α-hetero) is 1. The topological polar surface area (TPSA) is 104 Å². The van der Waals surface area contributed by atoms with Gasteiger partial charge in [-0.3, -0.25) is 9.59 Å². The van der Waals surface area contributed by atoms with Crippen LogP contribution in [0.5, 0.6) is 0 Å². The van der Waals surface area contributed by atoms with E-state index < -0.39 is 31.8 Å². The van der Waals surface area contributed by atoms with Gasteiger partial charge in [0.25, 0.3) is 0 Å². The fourth-order valence-corrected chi connectivity index (χ4v) is 12.3. The lowest BCUT2D eigenvalue weighted by Gasteiger charge is -2.69. The van der Waals surface area contributed by atoms with Crippen LogP contribution in [0.1, 0.15) is 93.4 Å². The highest BCUT2D eigenvalue weighted by Crippen LogP contribution is 2.73. The fraction of sp³-hybridized carbons (Fsp3) is 0.639. The minimum Gasteiger partial charge on any atom is -0.295 e.